The van der Waals surface area contributed by atoms with Crippen LogP contribution < -0.4 is 0 Å². The van der Waals surface area contributed by atoms with E-state index in [1.807, 2.05) is 12.2 Å². The third-order valence-corrected chi connectivity index (χ3v) is 2.52. The lowest BCUT2D eigenvalue weighted by Crippen LogP contribution is -2.01. The zero-order chi connectivity index (χ0) is 10.4. The summed E-state index contributed by atoms with van der Waals surface area (Å²) in [5, 5.41) is 0.794. The lowest BCUT2D eigenvalue weighted by molar-refractivity contribution is 0.0532. The third kappa shape index (κ3) is 3.16. The number of thiol groups is 1. The van der Waals surface area contributed by atoms with Crippen LogP contribution in [0.4, 0.5) is 0 Å². The molecule has 0 amide bonds. The van der Waals surface area contributed by atoms with Crippen molar-refractivity contribution >= 4 is 36.0 Å². The first-order chi connectivity index (χ1) is 6.77. The Bertz CT molecular complexity index is 333. The summed E-state index contributed by atoms with van der Waals surface area (Å²) in [7, 11) is 0. The van der Waals surface area contributed by atoms with Gasteiger partial charge in [-0.15, -0.1) is 11.3 Å². The number of carbonyl (C=O) groups excluding carboxylic acids is 1. The molecule has 14 heavy (non-hydrogen) atoms. The Hall–Kier alpha value is -0.810. The van der Waals surface area contributed by atoms with Gasteiger partial charge in [-0.2, -0.15) is 12.6 Å². The number of aromatic nitrogens is 1. The van der Waals surface area contributed by atoms with Gasteiger partial charge in [0.15, 0.2) is 0 Å². The van der Waals surface area contributed by atoms with Crippen LogP contribution in [0.1, 0.15) is 21.6 Å². The molecule has 0 aliphatic rings. The van der Waals surface area contributed by atoms with Gasteiger partial charge in [0.1, 0.15) is 9.88 Å². The van der Waals surface area contributed by atoms with Crippen molar-refractivity contribution in [2.45, 2.75) is 6.92 Å². The number of rotatable bonds is 4. The van der Waals surface area contributed by atoms with E-state index in [4.69, 9.17) is 4.74 Å². The monoisotopic (exact) mass is 229 g/mol. The van der Waals surface area contributed by atoms with E-state index in [1.165, 1.54) is 17.5 Å². The molecule has 1 heterocycles. The van der Waals surface area contributed by atoms with Crippen molar-refractivity contribution in [1.29, 1.82) is 0 Å². The van der Waals surface area contributed by atoms with E-state index in [-0.39, 0.29) is 5.97 Å². The van der Waals surface area contributed by atoms with Crippen LogP contribution in [-0.2, 0) is 4.74 Å². The molecule has 0 saturated heterocycles. The largest absolute Gasteiger partial charge is 0.462 e. The van der Waals surface area contributed by atoms with E-state index in [0.29, 0.717) is 17.2 Å². The van der Waals surface area contributed by atoms with Crippen LogP contribution in [0.25, 0.3) is 6.08 Å². The number of hydrogen-bond acceptors (Lipinski definition) is 5. The molecule has 0 aliphatic heterocycles. The van der Waals surface area contributed by atoms with Gasteiger partial charge >= 0.3 is 5.97 Å². The normalized spacial score (nSPS) is 10.7. The molecule has 0 atom stereocenters. The lowest BCUT2D eigenvalue weighted by Gasteiger charge is -1.95. The first kappa shape index (κ1) is 11.3. The molecule has 0 N–H and O–H groups in total. The smallest absolute Gasteiger partial charge is 0.349 e. The molecule has 0 spiro atoms. The lowest BCUT2D eigenvalue weighted by atomic mass is 10.5. The molecular formula is C9H11NO2S2. The van der Waals surface area contributed by atoms with Gasteiger partial charge in [0, 0.05) is 5.75 Å². The highest BCUT2D eigenvalue weighted by Gasteiger charge is 2.09. The maximum Gasteiger partial charge on any atom is 0.349 e. The third-order valence-electron chi connectivity index (χ3n) is 1.37. The summed E-state index contributed by atoms with van der Waals surface area (Å²) in [6.45, 7) is 2.17. The van der Waals surface area contributed by atoms with Crippen LogP contribution in [0.15, 0.2) is 12.3 Å². The molecule has 1 rings (SSSR count). The Morgan fingerprint density at radius 3 is 3.21 bits per heavy atom. The zero-order valence-corrected chi connectivity index (χ0v) is 9.48. The first-order valence-electron chi connectivity index (χ1n) is 4.18. The van der Waals surface area contributed by atoms with Gasteiger partial charge in [-0.1, -0.05) is 6.08 Å². The number of thiazole rings is 1. The summed E-state index contributed by atoms with van der Waals surface area (Å²) >= 11 is 5.34. The molecule has 1 aromatic heterocycles. The summed E-state index contributed by atoms with van der Waals surface area (Å²) in [6, 6.07) is 0. The first-order valence-corrected chi connectivity index (χ1v) is 5.63. The summed E-state index contributed by atoms with van der Waals surface area (Å²) in [6.07, 6.45) is 5.23. The molecule has 76 valence electrons. The molecule has 0 unspecified atom stereocenters. The fourth-order valence-corrected chi connectivity index (χ4v) is 1.66. The highest BCUT2D eigenvalue weighted by molar-refractivity contribution is 7.80. The van der Waals surface area contributed by atoms with Crippen molar-refractivity contribution in [2.24, 2.45) is 0 Å². The second kappa shape index (κ2) is 5.82. The van der Waals surface area contributed by atoms with Gasteiger partial charge < -0.3 is 4.74 Å². The molecular weight excluding hydrogens is 218 g/mol. The minimum atomic E-state index is -0.310. The minimum Gasteiger partial charge on any atom is -0.462 e. The van der Waals surface area contributed by atoms with E-state index in [9.17, 15) is 4.79 Å². The highest BCUT2D eigenvalue weighted by Crippen LogP contribution is 2.15. The van der Waals surface area contributed by atoms with Crippen LogP contribution in [0.3, 0.4) is 0 Å². The van der Waals surface area contributed by atoms with Gasteiger partial charge in [0.05, 0.1) is 12.8 Å². The van der Waals surface area contributed by atoms with Crippen LogP contribution in [0.5, 0.6) is 0 Å². The fraction of sp³-hybridized carbons (Fsp3) is 0.333. The standard InChI is InChI=1S/C9H11NO2S2/c1-2-12-9(11)7-6-10-8(14-7)4-3-5-13/h3-4,6,13H,2,5H2,1H3. The molecule has 0 radical (unpaired) electrons. The summed E-state index contributed by atoms with van der Waals surface area (Å²) in [4.78, 5) is 15.8. The van der Waals surface area contributed by atoms with Crippen LogP contribution >= 0.6 is 24.0 Å². The summed E-state index contributed by atoms with van der Waals surface area (Å²) < 4.78 is 4.84. The van der Waals surface area contributed by atoms with Gasteiger partial charge in [-0.05, 0) is 13.0 Å². The van der Waals surface area contributed by atoms with Gasteiger partial charge in [0.25, 0.3) is 0 Å². The Morgan fingerprint density at radius 1 is 1.79 bits per heavy atom. The molecule has 0 fully saturated rings. The Morgan fingerprint density at radius 2 is 2.57 bits per heavy atom. The van der Waals surface area contributed by atoms with Crippen molar-refractivity contribution in [3.8, 4) is 0 Å². The average molecular weight is 229 g/mol. The van der Waals surface area contributed by atoms with Gasteiger partial charge in [-0.3, -0.25) is 0 Å². The number of esters is 1. The Balaban J connectivity index is 2.67. The quantitative estimate of drug-likeness (QED) is 0.636. The predicted octanol–water partition coefficient (Wildman–Crippen LogP) is 2.26. The maximum absolute atomic E-state index is 11.2. The number of carbonyl (C=O) groups is 1. The number of nitrogens with zero attached hydrogens (tertiary/aromatic N) is 1. The average Bonchev–Trinajstić information content (AvgIpc) is 2.63. The van der Waals surface area contributed by atoms with Gasteiger partial charge in [-0.25, -0.2) is 9.78 Å². The zero-order valence-electron chi connectivity index (χ0n) is 7.77. The molecule has 5 heteroatoms. The van der Waals surface area contributed by atoms with E-state index in [1.54, 1.807) is 6.92 Å². The van der Waals surface area contributed by atoms with E-state index in [0.717, 1.165) is 5.01 Å². The van der Waals surface area contributed by atoms with Crippen molar-refractivity contribution in [3.05, 3.63) is 22.2 Å². The van der Waals surface area contributed by atoms with Crippen LogP contribution in [0.2, 0.25) is 0 Å². The van der Waals surface area contributed by atoms with Crippen molar-refractivity contribution in [1.82, 2.24) is 4.98 Å². The Labute approximate surface area is 92.2 Å². The summed E-state index contributed by atoms with van der Waals surface area (Å²) in [5.74, 6) is 0.351. The SMILES string of the molecule is CCOC(=O)c1cnc(C=CCS)s1. The van der Waals surface area contributed by atoms with Crippen molar-refractivity contribution in [3.63, 3.8) is 0 Å². The highest BCUT2D eigenvalue weighted by atomic mass is 32.1. The minimum absolute atomic E-state index is 0.310. The molecule has 3 nitrogen and oxygen atoms in total. The number of hydrogen-bond donors (Lipinski definition) is 1. The molecule has 0 aromatic carbocycles. The van der Waals surface area contributed by atoms with E-state index >= 15 is 0 Å². The topological polar surface area (TPSA) is 39.2 Å². The fourth-order valence-electron chi connectivity index (χ4n) is 0.815. The van der Waals surface area contributed by atoms with Crippen LogP contribution in [0, 0.1) is 0 Å². The van der Waals surface area contributed by atoms with Gasteiger partial charge in [0.2, 0.25) is 0 Å². The second-order valence-electron chi connectivity index (χ2n) is 2.37. The summed E-state index contributed by atoms with van der Waals surface area (Å²) in [5.41, 5.74) is 0. The molecule has 1 aromatic rings. The molecule has 0 saturated carbocycles. The van der Waals surface area contributed by atoms with E-state index in [2.05, 4.69) is 17.6 Å². The molecule has 0 bridgehead atoms. The van der Waals surface area contributed by atoms with Crippen molar-refractivity contribution < 1.29 is 9.53 Å². The van der Waals surface area contributed by atoms with E-state index < -0.39 is 0 Å². The van der Waals surface area contributed by atoms with Crippen molar-refractivity contribution in [2.75, 3.05) is 12.4 Å². The van der Waals surface area contributed by atoms with Crippen LogP contribution in [-0.4, -0.2) is 23.3 Å². The Kier molecular flexibility index (Phi) is 4.69. The maximum atomic E-state index is 11.2. The molecule has 0 aliphatic carbocycles. The number of ether oxygens (including phenoxy) is 1. The second-order valence-corrected chi connectivity index (χ2v) is 3.80. The predicted molar refractivity (Wildman–Crippen MR) is 61.0 cm³/mol.